The lowest BCUT2D eigenvalue weighted by atomic mass is 10.2. The van der Waals surface area contributed by atoms with Crippen LogP contribution in [0.15, 0.2) is 24.3 Å². The molecule has 51 valence electrons. The van der Waals surface area contributed by atoms with E-state index in [1.54, 1.807) is 12.1 Å². The van der Waals surface area contributed by atoms with E-state index in [0.717, 1.165) is 18.0 Å². The molecule has 0 aromatic heterocycles. The summed E-state index contributed by atoms with van der Waals surface area (Å²) in [5.41, 5.74) is 1.16. The molecule has 0 aliphatic rings. The quantitative estimate of drug-likeness (QED) is 0.567. The predicted octanol–water partition coefficient (Wildman–Crippen LogP) is 1.96. The Morgan fingerprint density at radius 2 is 1.80 bits per heavy atom. The molecular weight excluding hydrogens is 143 g/mol. The van der Waals surface area contributed by atoms with Gasteiger partial charge >= 0.3 is 0 Å². The Hall–Kier alpha value is -0.633. The Kier molecular flexibility index (Phi) is 2.63. The summed E-state index contributed by atoms with van der Waals surface area (Å²) in [7, 11) is 3.36. The summed E-state index contributed by atoms with van der Waals surface area (Å²) >= 11 is 0. The van der Waals surface area contributed by atoms with Gasteiger partial charge in [0.05, 0.1) is 0 Å². The van der Waals surface area contributed by atoms with Crippen molar-refractivity contribution in [2.75, 3.05) is 0 Å². The van der Waals surface area contributed by atoms with Crippen LogP contribution in [0, 0.1) is 5.82 Å². The first kappa shape index (κ1) is 7.47. The van der Waals surface area contributed by atoms with Gasteiger partial charge in [0.2, 0.25) is 0 Å². The molecule has 0 unspecified atom stereocenters. The normalized spacial score (nSPS) is 9.80. The molecule has 0 aliphatic carbocycles. The van der Waals surface area contributed by atoms with Crippen LogP contribution >= 0.6 is 0 Å². The zero-order chi connectivity index (χ0) is 7.40. The summed E-state index contributed by atoms with van der Waals surface area (Å²) in [6.45, 7) is 0. The number of halogens is 1. The Morgan fingerprint density at radius 1 is 1.20 bits per heavy atom. The van der Waals surface area contributed by atoms with Crippen LogP contribution < -0.4 is 0 Å². The van der Waals surface area contributed by atoms with E-state index in [9.17, 15) is 4.39 Å². The van der Waals surface area contributed by atoms with Crippen molar-refractivity contribution in [3.8, 4) is 0 Å². The van der Waals surface area contributed by atoms with Crippen molar-refractivity contribution in [3.63, 3.8) is 0 Å². The molecule has 0 saturated carbocycles. The second kappa shape index (κ2) is 3.51. The SMILES string of the molecule is Fc1ccc(CC[Si])cc1. The highest BCUT2D eigenvalue weighted by Gasteiger charge is 1.90. The molecule has 0 amide bonds. The lowest BCUT2D eigenvalue weighted by Gasteiger charge is -1.95. The smallest absolute Gasteiger partial charge is 0.123 e. The molecule has 1 aromatic carbocycles. The van der Waals surface area contributed by atoms with Gasteiger partial charge < -0.3 is 0 Å². The minimum absolute atomic E-state index is 0.169. The lowest BCUT2D eigenvalue weighted by molar-refractivity contribution is 0.627. The zero-order valence-corrected chi connectivity index (χ0v) is 6.60. The van der Waals surface area contributed by atoms with E-state index in [0.29, 0.717) is 0 Å². The summed E-state index contributed by atoms with van der Waals surface area (Å²) in [6, 6.07) is 7.49. The molecule has 2 heteroatoms. The molecule has 0 saturated heterocycles. The van der Waals surface area contributed by atoms with Crippen molar-refractivity contribution in [1.82, 2.24) is 0 Å². The van der Waals surface area contributed by atoms with E-state index in [1.807, 2.05) is 0 Å². The molecule has 3 radical (unpaired) electrons. The maximum Gasteiger partial charge on any atom is 0.123 e. The van der Waals surface area contributed by atoms with Crippen LogP contribution in [0.25, 0.3) is 0 Å². The van der Waals surface area contributed by atoms with Gasteiger partial charge in [0.15, 0.2) is 0 Å². The van der Waals surface area contributed by atoms with E-state index in [1.165, 1.54) is 12.1 Å². The van der Waals surface area contributed by atoms with Gasteiger partial charge in [0.1, 0.15) is 5.82 Å². The number of benzene rings is 1. The van der Waals surface area contributed by atoms with Crippen molar-refractivity contribution in [3.05, 3.63) is 35.6 Å². The van der Waals surface area contributed by atoms with E-state index >= 15 is 0 Å². The van der Waals surface area contributed by atoms with Crippen molar-refractivity contribution in [2.24, 2.45) is 0 Å². The molecule has 0 fully saturated rings. The summed E-state index contributed by atoms with van der Waals surface area (Å²) in [4.78, 5) is 0. The van der Waals surface area contributed by atoms with Gasteiger partial charge in [-0.15, -0.1) is 0 Å². The average molecular weight is 151 g/mol. The number of aryl methyl sites for hydroxylation is 1. The summed E-state index contributed by atoms with van der Waals surface area (Å²) in [5, 5.41) is 0. The van der Waals surface area contributed by atoms with Crippen molar-refractivity contribution < 1.29 is 4.39 Å². The Morgan fingerprint density at radius 3 is 2.30 bits per heavy atom. The number of hydrogen-bond donors (Lipinski definition) is 0. The van der Waals surface area contributed by atoms with Gasteiger partial charge in [-0.2, -0.15) is 0 Å². The van der Waals surface area contributed by atoms with E-state index in [-0.39, 0.29) is 5.82 Å². The van der Waals surface area contributed by atoms with Crippen molar-refractivity contribution in [2.45, 2.75) is 12.5 Å². The molecule has 0 spiro atoms. The molecule has 1 aromatic rings. The minimum Gasteiger partial charge on any atom is -0.207 e. The fourth-order valence-electron chi connectivity index (χ4n) is 0.795. The first-order valence-electron chi connectivity index (χ1n) is 3.22. The van der Waals surface area contributed by atoms with Crippen molar-refractivity contribution >= 4 is 10.2 Å². The van der Waals surface area contributed by atoms with Crippen LogP contribution in [-0.4, -0.2) is 10.2 Å². The van der Waals surface area contributed by atoms with Gasteiger partial charge in [-0.05, 0) is 24.1 Å². The first-order chi connectivity index (χ1) is 4.83. The van der Waals surface area contributed by atoms with Crippen LogP contribution in [0.3, 0.4) is 0 Å². The first-order valence-corrected chi connectivity index (χ1v) is 3.92. The topological polar surface area (TPSA) is 0 Å². The predicted molar refractivity (Wildman–Crippen MR) is 40.7 cm³/mol. The minimum atomic E-state index is -0.169. The highest BCUT2D eigenvalue weighted by atomic mass is 28.1. The van der Waals surface area contributed by atoms with Crippen molar-refractivity contribution in [1.29, 1.82) is 0 Å². The molecule has 0 heterocycles. The lowest BCUT2D eigenvalue weighted by Crippen LogP contribution is -1.83. The van der Waals surface area contributed by atoms with Gasteiger partial charge in [0.25, 0.3) is 0 Å². The van der Waals surface area contributed by atoms with Crippen LogP contribution in [0.5, 0.6) is 0 Å². The standard InChI is InChI=1S/C8H8FSi/c9-8-3-1-7(2-4-8)5-6-10/h1-4H,5-6H2. The molecule has 10 heavy (non-hydrogen) atoms. The molecule has 0 atom stereocenters. The summed E-state index contributed by atoms with van der Waals surface area (Å²) in [6.07, 6.45) is 0.956. The Bertz CT molecular complexity index is 193. The van der Waals surface area contributed by atoms with E-state index in [4.69, 9.17) is 0 Å². The number of rotatable bonds is 2. The molecule has 0 aliphatic heterocycles. The maximum absolute atomic E-state index is 12.3. The third kappa shape index (κ3) is 1.95. The summed E-state index contributed by atoms with van der Waals surface area (Å²) in [5.74, 6) is -0.169. The van der Waals surface area contributed by atoms with Gasteiger partial charge in [-0.1, -0.05) is 18.2 Å². The van der Waals surface area contributed by atoms with Crippen LogP contribution in [0.1, 0.15) is 5.56 Å². The molecule has 1 rings (SSSR count). The van der Waals surface area contributed by atoms with E-state index < -0.39 is 0 Å². The maximum atomic E-state index is 12.3. The highest BCUT2D eigenvalue weighted by Crippen LogP contribution is 2.03. The van der Waals surface area contributed by atoms with E-state index in [2.05, 4.69) is 10.2 Å². The fourth-order valence-corrected chi connectivity index (χ4v) is 1.08. The zero-order valence-electron chi connectivity index (χ0n) is 5.60. The van der Waals surface area contributed by atoms with Gasteiger partial charge in [-0.25, -0.2) is 4.39 Å². The Labute approximate surface area is 63.5 Å². The van der Waals surface area contributed by atoms with Crippen LogP contribution in [-0.2, 0) is 6.42 Å². The Balaban J connectivity index is 2.69. The molecular formula is C8H8FSi. The molecule has 0 nitrogen and oxygen atoms in total. The third-order valence-electron chi connectivity index (χ3n) is 1.33. The monoisotopic (exact) mass is 151 g/mol. The number of hydrogen-bond acceptors (Lipinski definition) is 0. The third-order valence-corrected chi connectivity index (χ3v) is 1.58. The second-order valence-corrected chi connectivity index (χ2v) is 2.63. The average Bonchev–Trinajstić information content (AvgIpc) is 1.95. The second-order valence-electron chi connectivity index (χ2n) is 2.13. The van der Waals surface area contributed by atoms with Crippen LogP contribution in [0.4, 0.5) is 4.39 Å². The largest absolute Gasteiger partial charge is 0.207 e. The van der Waals surface area contributed by atoms with Crippen LogP contribution in [0.2, 0.25) is 6.04 Å². The molecule has 0 bridgehead atoms. The van der Waals surface area contributed by atoms with Gasteiger partial charge in [0, 0.05) is 10.2 Å². The van der Waals surface area contributed by atoms with Gasteiger partial charge in [-0.3, -0.25) is 0 Å². The fraction of sp³-hybridized carbons (Fsp3) is 0.250. The molecule has 0 N–H and O–H groups in total. The highest BCUT2D eigenvalue weighted by molar-refractivity contribution is 6.08. The summed E-state index contributed by atoms with van der Waals surface area (Å²) < 4.78 is 12.3.